The lowest BCUT2D eigenvalue weighted by atomic mass is 10.1. The molecule has 0 aliphatic heterocycles. The molecule has 6 heteroatoms. The molecule has 2 aromatic rings. The average molecular weight is 310 g/mol. The van der Waals surface area contributed by atoms with Crippen molar-refractivity contribution in [2.75, 3.05) is 14.2 Å². The van der Waals surface area contributed by atoms with Crippen molar-refractivity contribution < 1.29 is 9.47 Å². The van der Waals surface area contributed by atoms with E-state index in [0.29, 0.717) is 23.3 Å². The van der Waals surface area contributed by atoms with Crippen molar-refractivity contribution in [3.05, 3.63) is 40.9 Å². The number of rotatable bonds is 6. The lowest BCUT2D eigenvalue weighted by Gasteiger charge is -2.15. The third kappa shape index (κ3) is 3.49. The maximum Gasteiger partial charge on any atom is 0.161 e. The molecule has 5 nitrogen and oxygen atoms in total. The topological polar surface area (TPSA) is 48.3 Å². The van der Waals surface area contributed by atoms with Gasteiger partial charge >= 0.3 is 0 Å². The predicted octanol–water partition coefficient (Wildman–Crippen LogP) is 2.94. The second-order valence-electron chi connectivity index (χ2n) is 4.77. The predicted molar refractivity (Wildman–Crippen MR) is 83.0 cm³/mol. The Morgan fingerprint density at radius 3 is 2.71 bits per heavy atom. The minimum atomic E-state index is 0.251. The fraction of sp³-hybridized carbons (Fsp3) is 0.400. The fourth-order valence-electron chi connectivity index (χ4n) is 1.94. The summed E-state index contributed by atoms with van der Waals surface area (Å²) in [7, 11) is 5.41. The highest BCUT2D eigenvalue weighted by Crippen LogP contribution is 2.30. The second-order valence-corrected chi connectivity index (χ2v) is 5.15. The molecule has 1 aromatic heterocycles. The van der Waals surface area contributed by atoms with E-state index < -0.39 is 0 Å². The molecule has 0 spiro atoms. The maximum absolute atomic E-state index is 5.95. The van der Waals surface area contributed by atoms with Crippen molar-refractivity contribution in [2.24, 2.45) is 7.05 Å². The summed E-state index contributed by atoms with van der Waals surface area (Å²) in [6, 6.07) is 6.15. The van der Waals surface area contributed by atoms with Crippen LogP contribution in [0.3, 0.4) is 0 Å². The molecule has 1 heterocycles. The smallest absolute Gasteiger partial charge is 0.161 e. The van der Waals surface area contributed by atoms with Gasteiger partial charge in [0.05, 0.1) is 13.3 Å². The van der Waals surface area contributed by atoms with Crippen molar-refractivity contribution in [1.82, 2.24) is 14.9 Å². The molecule has 2 rings (SSSR count). The van der Waals surface area contributed by atoms with Crippen LogP contribution in [-0.2, 0) is 13.7 Å². The van der Waals surface area contributed by atoms with Crippen molar-refractivity contribution in [1.29, 1.82) is 0 Å². The number of methoxy groups -OCH3 is 1. The van der Waals surface area contributed by atoms with E-state index in [1.54, 1.807) is 17.9 Å². The van der Waals surface area contributed by atoms with Crippen LogP contribution in [0.5, 0.6) is 11.5 Å². The highest BCUT2D eigenvalue weighted by Gasteiger charge is 2.11. The van der Waals surface area contributed by atoms with Crippen LogP contribution in [0.4, 0.5) is 0 Å². The van der Waals surface area contributed by atoms with Gasteiger partial charge in [-0.05, 0) is 31.7 Å². The molecule has 0 aliphatic carbocycles. The van der Waals surface area contributed by atoms with Crippen LogP contribution in [0.25, 0.3) is 0 Å². The van der Waals surface area contributed by atoms with E-state index in [1.165, 1.54) is 0 Å². The number of aromatic nitrogens is 2. The number of halogens is 1. The van der Waals surface area contributed by atoms with E-state index in [1.807, 2.05) is 32.3 Å². The Morgan fingerprint density at radius 1 is 1.38 bits per heavy atom. The zero-order valence-electron chi connectivity index (χ0n) is 12.7. The first kappa shape index (κ1) is 15.7. The molecule has 1 aromatic carbocycles. The van der Waals surface area contributed by atoms with E-state index in [4.69, 9.17) is 21.1 Å². The molecular weight excluding hydrogens is 290 g/mol. The number of nitrogens with one attached hydrogen (secondary N) is 1. The van der Waals surface area contributed by atoms with Crippen molar-refractivity contribution in [2.45, 2.75) is 19.6 Å². The molecule has 0 fully saturated rings. The Hall–Kier alpha value is -1.72. The molecule has 21 heavy (non-hydrogen) atoms. The number of nitrogens with zero attached hydrogens (tertiary/aromatic N) is 2. The van der Waals surface area contributed by atoms with Gasteiger partial charge in [-0.1, -0.05) is 17.7 Å². The van der Waals surface area contributed by atoms with Gasteiger partial charge in [-0.2, -0.15) is 0 Å². The zero-order chi connectivity index (χ0) is 15.4. The van der Waals surface area contributed by atoms with Crippen LogP contribution in [-0.4, -0.2) is 23.7 Å². The second kappa shape index (κ2) is 6.83. The summed E-state index contributed by atoms with van der Waals surface area (Å²) in [4.78, 5) is 4.20. The highest BCUT2D eigenvalue weighted by atomic mass is 35.5. The van der Waals surface area contributed by atoms with E-state index in [2.05, 4.69) is 17.2 Å². The van der Waals surface area contributed by atoms with Gasteiger partial charge in [0.15, 0.2) is 11.5 Å². The molecule has 0 aliphatic rings. The number of imidazole rings is 1. The minimum Gasteiger partial charge on any atom is -0.493 e. The quantitative estimate of drug-likeness (QED) is 0.891. The third-order valence-corrected chi connectivity index (χ3v) is 3.86. The number of hydrogen-bond acceptors (Lipinski definition) is 4. The van der Waals surface area contributed by atoms with Gasteiger partial charge < -0.3 is 19.4 Å². The average Bonchev–Trinajstić information content (AvgIpc) is 2.83. The van der Waals surface area contributed by atoms with Gasteiger partial charge in [-0.3, -0.25) is 0 Å². The molecule has 1 N–H and O–H groups in total. The molecule has 0 radical (unpaired) electrons. The van der Waals surface area contributed by atoms with E-state index in [0.717, 1.165) is 11.4 Å². The van der Waals surface area contributed by atoms with Gasteiger partial charge in [0.2, 0.25) is 0 Å². The number of hydrogen-bond donors (Lipinski definition) is 1. The van der Waals surface area contributed by atoms with Gasteiger partial charge in [-0.15, -0.1) is 0 Å². The summed E-state index contributed by atoms with van der Waals surface area (Å²) >= 11 is 5.95. The first-order valence-electron chi connectivity index (χ1n) is 6.71. The Bertz CT molecular complexity index is 613. The first-order chi connectivity index (χ1) is 10.1. The minimum absolute atomic E-state index is 0.251. The summed E-state index contributed by atoms with van der Waals surface area (Å²) in [5.74, 6) is 2.15. The summed E-state index contributed by atoms with van der Waals surface area (Å²) in [5.41, 5.74) is 1.14. The fourth-order valence-corrected chi connectivity index (χ4v) is 2.09. The van der Waals surface area contributed by atoms with Gasteiger partial charge in [0.1, 0.15) is 17.6 Å². The van der Waals surface area contributed by atoms with Crippen LogP contribution in [0, 0.1) is 0 Å². The normalized spacial score (nSPS) is 12.2. The van der Waals surface area contributed by atoms with E-state index in [-0.39, 0.29) is 6.04 Å². The summed E-state index contributed by atoms with van der Waals surface area (Å²) in [6.45, 7) is 2.42. The van der Waals surface area contributed by atoms with E-state index in [9.17, 15) is 0 Å². The molecule has 1 atom stereocenters. The highest BCUT2D eigenvalue weighted by molar-refractivity contribution is 6.29. The van der Waals surface area contributed by atoms with Crippen LogP contribution < -0.4 is 14.8 Å². The largest absolute Gasteiger partial charge is 0.493 e. The van der Waals surface area contributed by atoms with Crippen molar-refractivity contribution in [3.63, 3.8) is 0 Å². The SMILES string of the molecule is CNC(C)c1ccc(OCc2ncc(Cl)n2C)c(OC)c1. The van der Waals surface area contributed by atoms with Crippen LogP contribution in [0.15, 0.2) is 24.4 Å². The van der Waals surface area contributed by atoms with Crippen LogP contribution in [0.2, 0.25) is 5.15 Å². The van der Waals surface area contributed by atoms with Crippen molar-refractivity contribution in [3.8, 4) is 11.5 Å². The Kier molecular flexibility index (Phi) is 5.09. The van der Waals surface area contributed by atoms with Crippen LogP contribution >= 0.6 is 11.6 Å². The lowest BCUT2D eigenvalue weighted by Crippen LogP contribution is -2.12. The van der Waals surface area contributed by atoms with Gasteiger partial charge in [0, 0.05) is 13.1 Å². The van der Waals surface area contributed by atoms with Gasteiger partial charge in [0.25, 0.3) is 0 Å². The Labute approximate surface area is 129 Å². The molecule has 0 amide bonds. The maximum atomic E-state index is 5.95. The summed E-state index contributed by atoms with van der Waals surface area (Å²) in [6.07, 6.45) is 1.61. The monoisotopic (exact) mass is 309 g/mol. The molecule has 1 unspecified atom stereocenters. The lowest BCUT2D eigenvalue weighted by molar-refractivity contribution is 0.273. The summed E-state index contributed by atoms with van der Waals surface area (Å²) in [5, 5.41) is 3.78. The van der Waals surface area contributed by atoms with E-state index >= 15 is 0 Å². The number of benzene rings is 1. The Morgan fingerprint density at radius 2 is 2.14 bits per heavy atom. The molecular formula is C15H20ClN3O2. The molecule has 0 saturated heterocycles. The summed E-state index contributed by atoms with van der Waals surface area (Å²) < 4.78 is 13.0. The van der Waals surface area contributed by atoms with Crippen LogP contribution in [0.1, 0.15) is 24.4 Å². The number of ether oxygens (including phenoxy) is 2. The molecule has 114 valence electrons. The molecule has 0 saturated carbocycles. The standard InChI is InChI=1S/C15H20ClN3O2/c1-10(17-2)11-5-6-12(13(7-11)20-4)21-9-15-18-8-14(16)19(15)3/h5-8,10,17H,9H2,1-4H3. The zero-order valence-corrected chi connectivity index (χ0v) is 13.4. The first-order valence-corrected chi connectivity index (χ1v) is 7.08. The van der Waals surface area contributed by atoms with Crippen molar-refractivity contribution >= 4 is 11.6 Å². The van der Waals surface area contributed by atoms with Gasteiger partial charge in [-0.25, -0.2) is 4.98 Å². The Balaban J connectivity index is 2.14. The molecule has 0 bridgehead atoms. The third-order valence-electron chi connectivity index (χ3n) is 3.51.